The maximum atomic E-state index is 16.1. The lowest BCUT2D eigenvalue weighted by molar-refractivity contribution is -0.254. The van der Waals surface area contributed by atoms with E-state index in [9.17, 15) is 0 Å². The summed E-state index contributed by atoms with van der Waals surface area (Å²) in [5.74, 6) is -16.5. The Bertz CT molecular complexity index is 2040. The number of allylic oxidation sites excluding steroid dienone is 2. The van der Waals surface area contributed by atoms with E-state index in [0.717, 1.165) is 9.75 Å². The van der Waals surface area contributed by atoms with Crippen LogP contribution in [-0.2, 0) is 6.42 Å². The van der Waals surface area contributed by atoms with Crippen LogP contribution in [-0.4, -0.2) is 17.8 Å². The fourth-order valence-electron chi connectivity index (χ4n) is 5.65. The fourth-order valence-corrected chi connectivity index (χ4v) is 7.39. The van der Waals surface area contributed by atoms with Gasteiger partial charge in [-0.1, -0.05) is 36.4 Å². The van der Waals surface area contributed by atoms with Crippen LogP contribution in [0.15, 0.2) is 81.6 Å². The van der Waals surface area contributed by atoms with Gasteiger partial charge in [0.15, 0.2) is 5.76 Å². The molecule has 7 rings (SSSR count). The number of thiophene rings is 2. The molecule has 42 heavy (non-hydrogen) atoms. The van der Waals surface area contributed by atoms with Crippen LogP contribution < -0.4 is 0 Å². The standard InChI is InChI=1S/C32H20F6O2S2/c1-16-11-13-18(41-16)15-23-25(19-7-3-5-9-21(19)39-23)27-28(31(35,36)32(37,38)30(27,33)34)26-20-8-4-6-10-22(20)40-29(26)24-14-12-17(2)42-24/h3-14H,15H2,1-2H3. The molecule has 0 fully saturated rings. The molecular formula is C32H20F6O2S2. The zero-order valence-electron chi connectivity index (χ0n) is 22.0. The van der Waals surface area contributed by atoms with Gasteiger partial charge in [-0.15, -0.1) is 22.7 Å². The third-order valence-corrected chi connectivity index (χ3v) is 9.53. The maximum absolute atomic E-state index is 16.1. The number of alkyl halides is 6. The van der Waals surface area contributed by atoms with Gasteiger partial charge < -0.3 is 8.83 Å². The molecule has 0 aliphatic heterocycles. The average molecular weight is 615 g/mol. The van der Waals surface area contributed by atoms with Crippen molar-refractivity contribution in [3.05, 3.63) is 104 Å². The summed E-state index contributed by atoms with van der Waals surface area (Å²) in [7, 11) is 0. The molecule has 214 valence electrons. The van der Waals surface area contributed by atoms with E-state index in [0.29, 0.717) is 9.75 Å². The van der Waals surface area contributed by atoms with Crippen LogP contribution in [0.2, 0.25) is 0 Å². The summed E-state index contributed by atoms with van der Waals surface area (Å²) in [6.45, 7) is 3.64. The summed E-state index contributed by atoms with van der Waals surface area (Å²) in [5.41, 5.74) is -3.60. The van der Waals surface area contributed by atoms with E-state index >= 15 is 26.3 Å². The zero-order valence-corrected chi connectivity index (χ0v) is 23.7. The second kappa shape index (κ2) is 9.12. The van der Waals surface area contributed by atoms with Crippen molar-refractivity contribution < 1.29 is 35.2 Å². The number of benzene rings is 2. The molecule has 0 atom stereocenters. The Balaban J connectivity index is 1.64. The quantitative estimate of drug-likeness (QED) is 0.181. The predicted octanol–water partition coefficient (Wildman–Crippen LogP) is 11.0. The van der Waals surface area contributed by atoms with E-state index < -0.39 is 40.0 Å². The normalized spacial score (nSPS) is 17.6. The van der Waals surface area contributed by atoms with E-state index in [1.807, 2.05) is 13.0 Å². The minimum Gasteiger partial charge on any atom is -0.460 e. The van der Waals surface area contributed by atoms with E-state index in [1.165, 1.54) is 59.1 Å². The molecule has 10 heteroatoms. The Morgan fingerprint density at radius 1 is 0.619 bits per heavy atom. The fraction of sp³-hybridized carbons (Fsp3) is 0.188. The van der Waals surface area contributed by atoms with Gasteiger partial charge >= 0.3 is 17.8 Å². The lowest BCUT2D eigenvalue weighted by Crippen LogP contribution is -2.49. The molecule has 1 aliphatic rings. The van der Waals surface area contributed by atoms with Crippen LogP contribution in [0.3, 0.4) is 0 Å². The Kier molecular flexibility index (Phi) is 5.88. The van der Waals surface area contributed by atoms with Crippen molar-refractivity contribution in [1.29, 1.82) is 0 Å². The molecule has 0 saturated carbocycles. The largest absolute Gasteiger partial charge is 0.460 e. The Morgan fingerprint density at radius 2 is 1.17 bits per heavy atom. The molecule has 0 bridgehead atoms. The third kappa shape index (κ3) is 3.70. The number of hydrogen-bond donors (Lipinski definition) is 0. The van der Waals surface area contributed by atoms with E-state index in [4.69, 9.17) is 8.83 Å². The second-order valence-electron chi connectivity index (χ2n) is 10.3. The van der Waals surface area contributed by atoms with Gasteiger partial charge in [-0.3, -0.25) is 0 Å². The molecule has 0 amide bonds. The molecule has 6 aromatic rings. The molecule has 0 saturated heterocycles. The molecule has 2 aromatic carbocycles. The number of halogens is 6. The van der Waals surface area contributed by atoms with Gasteiger partial charge in [0.25, 0.3) is 0 Å². The molecule has 1 aliphatic carbocycles. The second-order valence-corrected chi connectivity index (χ2v) is 12.9. The zero-order chi connectivity index (χ0) is 29.6. The number of furan rings is 2. The van der Waals surface area contributed by atoms with Crippen LogP contribution in [0.1, 0.15) is 31.5 Å². The van der Waals surface area contributed by atoms with E-state index in [1.54, 1.807) is 37.3 Å². The highest BCUT2D eigenvalue weighted by Gasteiger charge is 2.81. The number of fused-ring (bicyclic) bond motifs is 2. The van der Waals surface area contributed by atoms with Crippen LogP contribution in [0.5, 0.6) is 0 Å². The van der Waals surface area contributed by atoms with Crippen molar-refractivity contribution in [2.75, 3.05) is 0 Å². The number of hydrogen-bond acceptors (Lipinski definition) is 4. The van der Waals surface area contributed by atoms with Crippen molar-refractivity contribution in [3.63, 3.8) is 0 Å². The number of para-hydroxylation sites is 2. The highest BCUT2D eigenvalue weighted by atomic mass is 32.1. The number of aryl methyl sites for hydroxylation is 2. The van der Waals surface area contributed by atoms with Crippen molar-refractivity contribution in [2.45, 2.75) is 38.0 Å². The van der Waals surface area contributed by atoms with Crippen LogP contribution in [0.4, 0.5) is 26.3 Å². The molecule has 2 nitrogen and oxygen atoms in total. The first kappa shape index (κ1) is 27.1. The van der Waals surface area contributed by atoms with Crippen molar-refractivity contribution in [1.82, 2.24) is 0 Å². The number of rotatable bonds is 5. The molecule has 0 unspecified atom stereocenters. The SMILES string of the molecule is Cc1ccc(Cc2oc3ccccc3c2C2=C(c3c(-c4ccc(C)s4)oc4ccccc34)C(F)(F)C(F)(F)C2(F)F)s1. The third-order valence-electron chi connectivity index (χ3n) is 7.53. The van der Waals surface area contributed by atoms with Gasteiger partial charge in [0.05, 0.1) is 4.88 Å². The summed E-state index contributed by atoms with van der Waals surface area (Å²) < 4.78 is 107. The summed E-state index contributed by atoms with van der Waals surface area (Å²) in [4.78, 5) is 2.80. The van der Waals surface area contributed by atoms with Gasteiger partial charge in [0.1, 0.15) is 16.9 Å². The first-order valence-corrected chi connectivity index (χ1v) is 14.6. The first-order valence-electron chi connectivity index (χ1n) is 13.0. The highest BCUT2D eigenvalue weighted by Crippen LogP contribution is 2.67. The predicted molar refractivity (Wildman–Crippen MR) is 154 cm³/mol. The summed E-state index contributed by atoms with van der Waals surface area (Å²) in [5, 5.41) is 0.0743. The minimum absolute atomic E-state index is 0.0301. The summed E-state index contributed by atoms with van der Waals surface area (Å²) >= 11 is 2.56. The Labute approximate surface area is 243 Å². The lowest BCUT2D eigenvalue weighted by atomic mass is 9.90. The molecule has 0 spiro atoms. The van der Waals surface area contributed by atoms with Crippen LogP contribution in [0.25, 0.3) is 43.7 Å². The van der Waals surface area contributed by atoms with E-state index in [2.05, 4.69) is 0 Å². The summed E-state index contributed by atoms with van der Waals surface area (Å²) in [6.07, 6.45) is -0.0460. The minimum atomic E-state index is -5.74. The molecule has 4 heterocycles. The highest BCUT2D eigenvalue weighted by molar-refractivity contribution is 7.15. The smallest absolute Gasteiger partial charge is 0.380 e. The molecule has 0 radical (unpaired) electrons. The maximum Gasteiger partial charge on any atom is 0.380 e. The van der Waals surface area contributed by atoms with Gasteiger partial charge in [0.2, 0.25) is 0 Å². The van der Waals surface area contributed by atoms with E-state index in [-0.39, 0.29) is 39.9 Å². The average Bonchev–Trinajstić information content (AvgIpc) is 3.73. The molecular weight excluding hydrogens is 594 g/mol. The van der Waals surface area contributed by atoms with Gasteiger partial charge in [0, 0.05) is 54.1 Å². The van der Waals surface area contributed by atoms with Crippen LogP contribution >= 0.6 is 22.7 Å². The lowest BCUT2D eigenvalue weighted by Gasteiger charge is -2.25. The summed E-state index contributed by atoms with van der Waals surface area (Å²) in [6, 6.07) is 19.0. The monoisotopic (exact) mass is 614 g/mol. The van der Waals surface area contributed by atoms with Crippen molar-refractivity contribution in [2.24, 2.45) is 0 Å². The van der Waals surface area contributed by atoms with Gasteiger partial charge in [-0.2, -0.15) is 26.3 Å². The van der Waals surface area contributed by atoms with Crippen LogP contribution in [0, 0.1) is 13.8 Å². The first-order chi connectivity index (χ1) is 19.9. The molecule has 0 N–H and O–H groups in total. The Hall–Kier alpha value is -3.76. The van der Waals surface area contributed by atoms with Crippen molar-refractivity contribution >= 4 is 55.8 Å². The Morgan fingerprint density at radius 3 is 1.76 bits per heavy atom. The topological polar surface area (TPSA) is 26.3 Å². The van der Waals surface area contributed by atoms with Crippen molar-refractivity contribution in [3.8, 4) is 10.6 Å². The van der Waals surface area contributed by atoms with Gasteiger partial charge in [-0.05, 0) is 50.2 Å². The van der Waals surface area contributed by atoms with Gasteiger partial charge in [-0.25, -0.2) is 0 Å². The molecule has 4 aromatic heterocycles.